The number of hydrogen-bond donors (Lipinski definition) is 1. The van der Waals surface area contributed by atoms with Gasteiger partial charge < -0.3 is 10.1 Å². The van der Waals surface area contributed by atoms with Gasteiger partial charge in [0.1, 0.15) is 9.96 Å². The van der Waals surface area contributed by atoms with Crippen LogP contribution in [0.15, 0.2) is 46.0 Å². The van der Waals surface area contributed by atoms with E-state index in [1.807, 2.05) is 6.92 Å². The van der Waals surface area contributed by atoms with E-state index in [2.05, 4.69) is 5.32 Å². The van der Waals surface area contributed by atoms with Crippen molar-refractivity contribution in [1.29, 1.82) is 0 Å². The van der Waals surface area contributed by atoms with Crippen molar-refractivity contribution in [2.75, 3.05) is 24.5 Å². The fraction of sp³-hybridized carbons (Fsp3) is 0.267. The first kappa shape index (κ1) is 17.3. The molecule has 2 rings (SSSR count). The Morgan fingerprint density at radius 2 is 1.96 bits per heavy atom. The Morgan fingerprint density at radius 1 is 1.26 bits per heavy atom. The van der Waals surface area contributed by atoms with Crippen LogP contribution in [0.25, 0.3) is 0 Å². The first-order valence-electron chi connectivity index (χ1n) is 6.97. The van der Waals surface area contributed by atoms with Crippen LogP contribution in [0.5, 0.6) is 5.75 Å². The largest absolute Gasteiger partial charge is 0.484 e. The maximum absolute atomic E-state index is 12.4. The van der Waals surface area contributed by atoms with Gasteiger partial charge >= 0.3 is 0 Å². The number of likely N-dealkylation sites (N-methyl/N-ethyl adjacent to an activating group) is 1. The summed E-state index contributed by atoms with van der Waals surface area (Å²) in [5, 5.41) is 4.35. The third kappa shape index (κ3) is 4.23. The van der Waals surface area contributed by atoms with Crippen molar-refractivity contribution in [2.45, 2.75) is 11.1 Å². The summed E-state index contributed by atoms with van der Waals surface area (Å²) in [7, 11) is -2.05. The number of benzene rings is 1. The lowest BCUT2D eigenvalue weighted by Gasteiger charge is -2.18. The molecule has 124 valence electrons. The van der Waals surface area contributed by atoms with Gasteiger partial charge in [-0.15, -0.1) is 11.3 Å². The zero-order valence-corrected chi connectivity index (χ0v) is 14.5. The minimum absolute atomic E-state index is 0.0729. The van der Waals surface area contributed by atoms with E-state index in [4.69, 9.17) is 4.74 Å². The molecule has 0 bridgehead atoms. The average molecular weight is 354 g/mol. The van der Waals surface area contributed by atoms with Gasteiger partial charge in [0.25, 0.3) is 15.9 Å². The zero-order chi connectivity index (χ0) is 16.9. The third-order valence-electron chi connectivity index (χ3n) is 3.05. The van der Waals surface area contributed by atoms with E-state index in [0.29, 0.717) is 18.0 Å². The van der Waals surface area contributed by atoms with Gasteiger partial charge in [0.05, 0.1) is 5.69 Å². The Balaban J connectivity index is 2.06. The van der Waals surface area contributed by atoms with Crippen LogP contribution in [0.2, 0.25) is 0 Å². The molecule has 0 unspecified atom stereocenters. The molecule has 1 amide bonds. The smallest absolute Gasteiger partial charge is 0.273 e. The van der Waals surface area contributed by atoms with E-state index < -0.39 is 10.0 Å². The maximum Gasteiger partial charge on any atom is 0.273 e. The molecule has 0 aliphatic rings. The molecule has 8 heteroatoms. The molecule has 1 aromatic heterocycles. The molecule has 23 heavy (non-hydrogen) atoms. The summed E-state index contributed by atoms with van der Waals surface area (Å²) in [5.74, 6) is 0.302. The second-order valence-corrected chi connectivity index (χ2v) is 7.78. The topological polar surface area (TPSA) is 75.7 Å². The van der Waals surface area contributed by atoms with Crippen LogP contribution in [0.3, 0.4) is 0 Å². The molecule has 2 aromatic rings. The number of ether oxygens (including phenoxy) is 1. The molecule has 1 aromatic carbocycles. The quantitative estimate of drug-likeness (QED) is 0.826. The van der Waals surface area contributed by atoms with E-state index >= 15 is 0 Å². The summed E-state index contributed by atoms with van der Waals surface area (Å²) in [6, 6.07) is 9.81. The van der Waals surface area contributed by atoms with Crippen LogP contribution < -0.4 is 14.4 Å². The molecule has 0 aliphatic heterocycles. The second kappa shape index (κ2) is 7.47. The Kier molecular flexibility index (Phi) is 5.62. The zero-order valence-electron chi connectivity index (χ0n) is 12.9. The predicted octanol–water partition coefficient (Wildman–Crippen LogP) is 2.09. The van der Waals surface area contributed by atoms with Crippen molar-refractivity contribution in [3.05, 3.63) is 41.8 Å². The summed E-state index contributed by atoms with van der Waals surface area (Å²) in [6.45, 7) is 2.31. The van der Waals surface area contributed by atoms with E-state index in [-0.39, 0.29) is 16.7 Å². The molecular formula is C15H18N2O4S2. The van der Waals surface area contributed by atoms with Crippen LogP contribution in [-0.4, -0.2) is 34.5 Å². The fourth-order valence-corrected chi connectivity index (χ4v) is 4.19. The van der Waals surface area contributed by atoms with Gasteiger partial charge in [-0.2, -0.15) is 0 Å². The Labute approximate surface area is 139 Å². The van der Waals surface area contributed by atoms with Crippen LogP contribution in [0.1, 0.15) is 6.92 Å². The molecule has 0 spiro atoms. The van der Waals surface area contributed by atoms with Crippen LogP contribution in [0.4, 0.5) is 5.69 Å². The van der Waals surface area contributed by atoms with Crippen molar-refractivity contribution in [3.63, 3.8) is 0 Å². The van der Waals surface area contributed by atoms with Crippen molar-refractivity contribution in [1.82, 2.24) is 5.32 Å². The van der Waals surface area contributed by atoms with Crippen molar-refractivity contribution in [3.8, 4) is 5.75 Å². The molecule has 0 radical (unpaired) electrons. The number of rotatable bonds is 7. The molecule has 0 fully saturated rings. The first-order chi connectivity index (χ1) is 10.9. The number of amides is 1. The molecule has 1 heterocycles. The highest BCUT2D eigenvalue weighted by atomic mass is 32.2. The normalized spacial score (nSPS) is 11.0. The van der Waals surface area contributed by atoms with Crippen LogP contribution in [0, 0.1) is 0 Å². The molecule has 0 aliphatic carbocycles. The van der Waals surface area contributed by atoms with E-state index in [1.165, 1.54) is 22.7 Å². The number of carbonyl (C=O) groups excluding carboxylic acids is 1. The maximum atomic E-state index is 12.4. The summed E-state index contributed by atoms with van der Waals surface area (Å²) < 4.78 is 31.7. The average Bonchev–Trinajstić information content (AvgIpc) is 3.08. The minimum Gasteiger partial charge on any atom is -0.484 e. The Bertz CT molecular complexity index is 740. The lowest BCUT2D eigenvalue weighted by Crippen LogP contribution is -2.28. The van der Waals surface area contributed by atoms with E-state index in [0.717, 1.165) is 0 Å². The predicted molar refractivity (Wildman–Crippen MR) is 90.5 cm³/mol. The highest BCUT2D eigenvalue weighted by Crippen LogP contribution is 2.26. The SMILES string of the molecule is CCNC(=O)COc1ccc(N(C)S(=O)(=O)c2cccs2)cc1. The standard InChI is InChI=1S/C15H18N2O4S2/c1-3-16-14(18)11-21-13-8-6-12(7-9-13)17(2)23(19,20)15-5-4-10-22-15/h4-10H,3,11H2,1-2H3,(H,16,18). The summed E-state index contributed by atoms with van der Waals surface area (Å²) >= 11 is 1.17. The van der Waals surface area contributed by atoms with E-state index in [1.54, 1.807) is 41.8 Å². The summed E-state index contributed by atoms with van der Waals surface area (Å²) in [6.07, 6.45) is 0. The number of sulfonamides is 1. The molecule has 0 atom stereocenters. The van der Waals surface area contributed by atoms with Crippen molar-refractivity contribution >= 4 is 33.0 Å². The number of nitrogens with zero attached hydrogens (tertiary/aromatic N) is 1. The van der Waals surface area contributed by atoms with Gasteiger partial charge in [-0.25, -0.2) is 8.42 Å². The first-order valence-corrected chi connectivity index (χ1v) is 9.29. The Morgan fingerprint density at radius 3 is 2.52 bits per heavy atom. The van der Waals surface area contributed by atoms with Crippen molar-refractivity contribution in [2.24, 2.45) is 0 Å². The highest BCUT2D eigenvalue weighted by molar-refractivity contribution is 7.94. The number of carbonyl (C=O) groups is 1. The molecule has 0 saturated heterocycles. The fourth-order valence-electron chi connectivity index (χ4n) is 1.83. The highest BCUT2D eigenvalue weighted by Gasteiger charge is 2.22. The minimum atomic E-state index is -3.55. The number of nitrogens with one attached hydrogen (secondary N) is 1. The second-order valence-electron chi connectivity index (χ2n) is 4.64. The lowest BCUT2D eigenvalue weighted by molar-refractivity contribution is -0.122. The number of thiophene rings is 1. The third-order valence-corrected chi connectivity index (χ3v) is 6.21. The molecular weight excluding hydrogens is 336 g/mol. The summed E-state index contributed by atoms with van der Waals surface area (Å²) in [4.78, 5) is 11.3. The molecule has 0 saturated carbocycles. The van der Waals surface area contributed by atoms with Gasteiger partial charge in [-0.05, 0) is 42.6 Å². The Hall–Kier alpha value is -2.06. The van der Waals surface area contributed by atoms with Gasteiger partial charge in [0, 0.05) is 13.6 Å². The van der Waals surface area contributed by atoms with Crippen LogP contribution in [-0.2, 0) is 14.8 Å². The number of hydrogen-bond acceptors (Lipinski definition) is 5. The lowest BCUT2D eigenvalue weighted by atomic mass is 10.3. The number of anilines is 1. The molecule has 6 nitrogen and oxygen atoms in total. The molecule has 1 N–H and O–H groups in total. The van der Waals surface area contributed by atoms with Crippen molar-refractivity contribution < 1.29 is 17.9 Å². The van der Waals surface area contributed by atoms with E-state index in [9.17, 15) is 13.2 Å². The monoisotopic (exact) mass is 354 g/mol. The van der Waals surface area contributed by atoms with Gasteiger partial charge in [0.15, 0.2) is 6.61 Å². The van der Waals surface area contributed by atoms with Gasteiger partial charge in [-0.1, -0.05) is 6.07 Å². The van der Waals surface area contributed by atoms with Gasteiger partial charge in [-0.3, -0.25) is 9.10 Å². The van der Waals surface area contributed by atoms with Gasteiger partial charge in [0.2, 0.25) is 0 Å². The van der Waals surface area contributed by atoms with Crippen LogP contribution >= 0.6 is 11.3 Å². The summed E-state index contributed by atoms with van der Waals surface area (Å²) in [5.41, 5.74) is 0.517.